The second-order valence-electron chi connectivity index (χ2n) is 18.1. The molecule has 0 aromatic rings. The summed E-state index contributed by atoms with van der Waals surface area (Å²) in [6.45, 7) is 3.62. The van der Waals surface area contributed by atoms with Crippen LogP contribution >= 0.6 is 7.82 Å². The summed E-state index contributed by atoms with van der Waals surface area (Å²) in [5.41, 5.74) is 5.37. The average molecular weight is 984 g/mol. The van der Waals surface area contributed by atoms with Gasteiger partial charge in [0.2, 0.25) is 0 Å². The lowest BCUT2D eigenvalue weighted by atomic mass is 10.0. The van der Waals surface area contributed by atoms with Gasteiger partial charge >= 0.3 is 19.8 Å². The second kappa shape index (κ2) is 54.3. The SMILES string of the molecule is CC/C=C\C/C=C\C/C=C\C/C=C\C/C=C\C/C=C\C/C=C\C/C=C\CCCCCCCCC(=O)OC(COC(=O)CCCCCCCCCCCCCCCCCCC)COP(=O)(O)OCCN. The van der Waals surface area contributed by atoms with E-state index >= 15 is 0 Å². The maximum atomic E-state index is 12.7. The highest BCUT2D eigenvalue weighted by Gasteiger charge is 2.26. The van der Waals surface area contributed by atoms with Crippen molar-refractivity contribution < 1.29 is 37.6 Å². The third kappa shape index (κ3) is 54.1. The normalized spacial score (nSPS) is 13.9. The number of phosphoric ester groups is 1. The zero-order valence-electron chi connectivity index (χ0n) is 44.0. The van der Waals surface area contributed by atoms with E-state index in [4.69, 9.17) is 24.3 Å². The van der Waals surface area contributed by atoms with E-state index in [2.05, 4.69) is 111 Å². The molecule has 69 heavy (non-hydrogen) atoms. The Balaban J connectivity index is 4.06. The van der Waals surface area contributed by atoms with Gasteiger partial charge < -0.3 is 20.1 Å². The third-order valence-electron chi connectivity index (χ3n) is 11.5. The van der Waals surface area contributed by atoms with Crippen LogP contribution in [0.5, 0.6) is 0 Å². The topological polar surface area (TPSA) is 134 Å². The number of esters is 2. The average Bonchev–Trinajstić information content (AvgIpc) is 3.34. The first-order chi connectivity index (χ1) is 33.8. The first-order valence-electron chi connectivity index (χ1n) is 27.7. The fourth-order valence-electron chi connectivity index (χ4n) is 7.42. The highest BCUT2D eigenvalue weighted by Crippen LogP contribution is 2.43. The van der Waals surface area contributed by atoms with Gasteiger partial charge in [-0.25, -0.2) is 4.57 Å². The number of nitrogens with two attached hydrogens (primary N) is 1. The fraction of sp³-hybridized carbons (Fsp3) is 0.695. The van der Waals surface area contributed by atoms with Gasteiger partial charge in [0.1, 0.15) is 6.61 Å². The molecule has 0 aliphatic rings. The molecule has 0 radical (unpaired) electrons. The maximum Gasteiger partial charge on any atom is 0.472 e. The number of rotatable bonds is 51. The molecule has 10 heteroatoms. The van der Waals surface area contributed by atoms with Crippen LogP contribution in [-0.4, -0.2) is 49.3 Å². The van der Waals surface area contributed by atoms with E-state index in [0.29, 0.717) is 6.42 Å². The molecule has 396 valence electrons. The molecule has 0 heterocycles. The monoisotopic (exact) mass is 984 g/mol. The van der Waals surface area contributed by atoms with Crippen molar-refractivity contribution in [3.05, 3.63) is 97.2 Å². The number of unbranched alkanes of at least 4 members (excludes halogenated alkanes) is 22. The standard InChI is InChI=1S/C59H102NO8P/c1-3-5-7-9-11-13-15-17-19-21-22-23-24-25-26-27-28-29-30-31-32-33-34-36-38-40-42-44-46-48-50-52-59(62)68-57(56-67-69(63,64)66-54-53-60)55-65-58(61)51-49-47-45-43-41-39-37-35-20-18-16-14-12-10-8-6-4-2/h5,7,11,13,17,19,22-23,25-26,28-29,31-32,34,36,57H,3-4,6,8-10,12,14-16,18,20-21,24,27,30,33,35,37-56,60H2,1-2H3,(H,63,64)/b7-5-,13-11-,19-17-,23-22-,26-25-,29-28-,32-31-,36-34-. The predicted molar refractivity (Wildman–Crippen MR) is 293 cm³/mol. The van der Waals surface area contributed by atoms with E-state index in [1.54, 1.807) is 0 Å². The Labute approximate surface area is 423 Å². The summed E-state index contributed by atoms with van der Waals surface area (Å²) in [7, 11) is -4.39. The molecular weight excluding hydrogens is 882 g/mol. The molecule has 0 rings (SSSR count). The smallest absolute Gasteiger partial charge is 0.462 e. The third-order valence-corrected chi connectivity index (χ3v) is 12.5. The van der Waals surface area contributed by atoms with Crippen LogP contribution in [0.1, 0.15) is 232 Å². The van der Waals surface area contributed by atoms with Crippen LogP contribution in [-0.2, 0) is 32.7 Å². The Kier molecular flexibility index (Phi) is 51.9. The lowest BCUT2D eigenvalue weighted by molar-refractivity contribution is -0.161. The van der Waals surface area contributed by atoms with Gasteiger partial charge in [0, 0.05) is 19.4 Å². The van der Waals surface area contributed by atoms with Crippen LogP contribution in [0.3, 0.4) is 0 Å². The van der Waals surface area contributed by atoms with Gasteiger partial charge in [-0.15, -0.1) is 0 Å². The van der Waals surface area contributed by atoms with E-state index in [1.165, 1.54) is 89.9 Å². The maximum absolute atomic E-state index is 12.7. The number of ether oxygens (including phenoxy) is 2. The molecule has 0 saturated heterocycles. The summed E-state index contributed by atoms with van der Waals surface area (Å²) >= 11 is 0. The molecule has 0 aromatic carbocycles. The quantitative estimate of drug-likeness (QED) is 0.0264. The van der Waals surface area contributed by atoms with Crippen LogP contribution in [0.2, 0.25) is 0 Å². The Morgan fingerprint density at radius 2 is 0.797 bits per heavy atom. The van der Waals surface area contributed by atoms with Gasteiger partial charge in [-0.05, 0) is 77.0 Å². The zero-order chi connectivity index (χ0) is 50.2. The molecule has 0 aliphatic carbocycles. The Hall–Kier alpha value is -3.07. The van der Waals surface area contributed by atoms with Crippen molar-refractivity contribution in [3.63, 3.8) is 0 Å². The lowest BCUT2D eigenvalue weighted by Gasteiger charge is -2.19. The van der Waals surface area contributed by atoms with E-state index in [9.17, 15) is 19.0 Å². The molecule has 0 amide bonds. The minimum absolute atomic E-state index is 0.0471. The van der Waals surface area contributed by atoms with E-state index in [0.717, 1.165) is 109 Å². The summed E-state index contributed by atoms with van der Waals surface area (Å²) < 4.78 is 33.0. The van der Waals surface area contributed by atoms with E-state index in [-0.39, 0.29) is 38.6 Å². The summed E-state index contributed by atoms with van der Waals surface area (Å²) in [5.74, 6) is -0.844. The number of carbonyl (C=O) groups is 2. The van der Waals surface area contributed by atoms with Gasteiger partial charge in [0.05, 0.1) is 13.2 Å². The van der Waals surface area contributed by atoms with Crippen LogP contribution in [0.4, 0.5) is 0 Å². The van der Waals surface area contributed by atoms with Gasteiger partial charge in [-0.1, -0.05) is 239 Å². The van der Waals surface area contributed by atoms with Crippen LogP contribution in [0.15, 0.2) is 97.2 Å². The van der Waals surface area contributed by atoms with Crippen molar-refractivity contribution in [1.29, 1.82) is 0 Å². The minimum Gasteiger partial charge on any atom is -0.462 e. The largest absolute Gasteiger partial charge is 0.472 e. The molecule has 0 saturated carbocycles. The van der Waals surface area contributed by atoms with Crippen molar-refractivity contribution in [3.8, 4) is 0 Å². The highest BCUT2D eigenvalue weighted by atomic mass is 31.2. The Morgan fingerprint density at radius 1 is 0.449 bits per heavy atom. The number of allylic oxidation sites excluding steroid dienone is 16. The Bertz CT molecular complexity index is 1450. The number of phosphoric acid groups is 1. The second-order valence-corrected chi connectivity index (χ2v) is 19.5. The zero-order valence-corrected chi connectivity index (χ0v) is 44.9. The van der Waals surface area contributed by atoms with Crippen LogP contribution < -0.4 is 5.73 Å². The van der Waals surface area contributed by atoms with Crippen molar-refractivity contribution in [1.82, 2.24) is 0 Å². The molecule has 0 aliphatic heterocycles. The molecule has 3 N–H and O–H groups in total. The van der Waals surface area contributed by atoms with Gasteiger partial charge in [-0.3, -0.25) is 18.6 Å². The van der Waals surface area contributed by atoms with Crippen molar-refractivity contribution in [2.45, 2.75) is 238 Å². The first-order valence-corrected chi connectivity index (χ1v) is 29.2. The van der Waals surface area contributed by atoms with E-state index in [1.807, 2.05) is 0 Å². The summed E-state index contributed by atoms with van der Waals surface area (Å²) in [5, 5.41) is 0. The number of hydrogen-bond donors (Lipinski definition) is 2. The lowest BCUT2D eigenvalue weighted by Crippen LogP contribution is -2.29. The Morgan fingerprint density at radius 3 is 1.19 bits per heavy atom. The molecule has 0 bridgehead atoms. The fourth-order valence-corrected chi connectivity index (χ4v) is 8.18. The van der Waals surface area contributed by atoms with Crippen molar-refractivity contribution in [2.75, 3.05) is 26.4 Å². The molecular formula is C59H102NO8P. The minimum atomic E-state index is -4.39. The molecule has 2 atom stereocenters. The molecule has 9 nitrogen and oxygen atoms in total. The molecule has 0 spiro atoms. The van der Waals surface area contributed by atoms with Gasteiger partial charge in [0.15, 0.2) is 6.10 Å². The molecule has 0 aromatic heterocycles. The van der Waals surface area contributed by atoms with Gasteiger partial charge in [0.25, 0.3) is 0 Å². The summed E-state index contributed by atoms with van der Waals surface area (Å²) in [6, 6.07) is 0. The number of hydrogen-bond acceptors (Lipinski definition) is 8. The first kappa shape index (κ1) is 65.9. The molecule has 2 unspecified atom stereocenters. The van der Waals surface area contributed by atoms with Crippen molar-refractivity contribution >= 4 is 19.8 Å². The van der Waals surface area contributed by atoms with Crippen LogP contribution in [0.25, 0.3) is 0 Å². The van der Waals surface area contributed by atoms with Crippen LogP contribution in [0, 0.1) is 0 Å². The van der Waals surface area contributed by atoms with Gasteiger partial charge in [-0.2, -0.15) is 0 Å². The summed E-state index contributed by atoms with van der Waals surface area (Å²) in [4.78, 5) is 35.1. The highest BCUT2D eigenvalue weighted by molar-refractivity contribution is 7.47. The van der Waals surface area contributed by atoms with E-state index < -0.39 is 26.5 Å². The molecule has 0 fully saturated rings. The predicted octanol–water partition coefficient (Wildman–Crippen LogP) is 17.3. The summed E-state index contributed by atoms with van der Waals surface area (Å²) in [6.07, 6.45) is 71.6. The number of carbonyl (C=O) groups excluding carboxylic acids is 2. The van der Waals surface area contributed by atoms with Crippen molar-refractivity contribution in [2.24, 2.45) is 5.73 Å².